The minimum absolute atomic E-state index is 0.0725. The third-order valence-corrected chi connectivity index (χ3v) is 3.13. The maximum Gasteiger partial charge on any atom is 0.149 e. The molecule has 0 amide bonds. The maximum absolute atomic E-state index is 5.52. The molecule has 1 heterocycles. The van der Waals surface area contributed by atoms with Gasteiger partial charge in [0.05, 0.1) is 13.2 Å². The Morgan fingerprint density at radius 3 is 2.42 bits per heavy atom. The Hall–Kier alpha value is -1.94. The number of aromatic nitrogens is 2. The van der Waals surface area contributed by atoms with Gasteiger partial charge in [-0.25, -0.2) is 9.97 Å². The van der Waals surface area contributed by atoms with E-state index in [2.05, 4.69) is 35.2 Å². The van der Waals surface area contributed by atoms with Gasteiger partial charge in [0.2, 0.25) is 0 Å². The predicted octanol–water partition coefficient (Wildman–Crippen LogP) is 2.41. The zero-order valence-corrected chi connectivity index (χ0v) is 11.8. The summed E-state index contributed by atoms with van der Waals surface area (Å²) in [6, 6.07) is 5.92. The zero-order valence-electron chi connectivity index (χ0n) is 11.8. The van der Waals surface area contributed by atoms with Crippen molar-refractivity contribution in [2.24, 2.45) is 0 Å². The maximum atomic E-state index is 5.52. The van der Waals surface area contributed by atoms with Gasteiger partial charge in [0.25, 0.3) is 0 Å². The normalized spacial score (nSPS) is 12.2. The molecule has 0 aliphatic rings. The Bertz CT molecular complexity index is 555. The standard InChI is InChI=1S/C15H19N3O/c1-10-8-11(2)13(12(9-10)19-4)14(16-3)15-17-6-5-7-18-15/h5-9,14,16H,1-4H3. The van der Waals surface area contributed by atoms with Crippen molar-refractivity contribution in [3.63, 3.8) is 0 Å². The van der Waals surface area contributed by atoms with Gasteiger partial charge in [-0.2, -0.15) is 0 Å². The monoisotopic (exact) mass is 257 g/mol. The van der Waals surface area contributed by atoms with Crippen LogP contribution in [0.2, 0.25) is 0 Å². The lowest BCUT2D eigenvalue weighted by molar-refractivity contribution is 0.403. The van der Waals surface area contributed by atoms with E-state index in [-0.39, 0.29) is 6.04 Å². The summed E-state index contributed by atoms with van der Waals surface area (Å²) in [7, 11) is 3.59. The van der Waals surface area contributed by atoms with Crippen molar-refractivity contribution < 1.29 is 4.74 Å². The van der Waals surface area contributed by atoms with E-state index in [0.717, 1.165) is 17.1 Å². The SMILES string of the molecule is CNC(c1ncccn1)c1c(C)cc(C)cc1OC. The van der Waals surface area contributed by atoms with E-state index in [1.807, 2.05) is 19.2 Å². The lowest BCUT2D eigenvalue weighted by Crippen LogP contribution is -2.22. The first-order chi connectivity index (χ1) is 9.17. The van der Waals surface area contributed by atoms with Gasteiger partial charge in [-0.05, 0) is 44.2 Å². The van der Waals surface area contributed by atoms with Gasteiger partial charge in [0.15, 0.2) is 0 Å². The van der Waals surface area contributed by atoms with Crippen LogP contribution in [0.25, 0.3) is 0 Å². The minimum Gasteiger partial charge on any atom is -0.496 e. The number of hydrogen-bond acceptors (Lipinski definition) is 4. The Kier molecular flexibility index (Phi) is 4.12. The number of rotatable bonds is 4. The van der Waals surface area contributed by atoms with E-state index < -0.39 is 0 Å². The van der Waals surface area contributed by atoms with Crippen LogP contribution in [0.3, 0.4) is 0 Å². The topological polar surface area (TPSA) is 47.0 Å². The Balaban J connectivity index is 2.55. The van der Waals surface area contributed by atoms with E-state index in [0.29, 0.717) is 0 Å². The van der Waals surface area contributed by atoms with E-state index in [4.69, 9.17) is 4.74 Å². The van der Waals surface area contributed by atoms with Crippen LogP contribution in [0, 0.1) is 13.8 Å². The second-order valence-corrected chi connectivity index (χ2v) is 4.53. The first-order valence-electron chi connectivity index (χ1n) is 6.26. The number of ether oxygens (including phenoxy) is 1. The van der Waals surface area contributed by atoms with Crippen LogP contribution in [-0.2, 0) is 0 Å². The van der Waals surface area contributed by atoms with E-state index in [1.165, 1.54) is 11.1 Å². The summed E-state index contributed by atoms with van der Waals surface area (Å²) in [5.74, 6) is 1.61. The highest BCUT2D eigenvalue weighted by molar-refractivity contribution is 5.47. The molecule has 0 bridgehead atoms. The van der Waals surface area contributed by atoms with Crippen LogP contribution in [0.15, 0.2) is 30.6 Å². The van der Waals surface area contributed by atoms with Crippen LogP contribution in [0.4, 0.5) is 0 Å². The van der Waals surface area contributed by atoms with Crippen molar-refractivity contribution in [1.29, 1.82) is 0 Å². The van der Waals surface area contributed by atoms with Crippen LogP contribution in [0.5, 0.6) is 5.75 Å². The van der Waals surface area contributed by atoms with Gasteiger partial charge in [-0.3, -0.25) is 0 Å². The van der Waals surface area contributed by atoms with E-state index in [9.17, 15) is 0 Å². The minimum atomic E-state index is -0.0725. The molecule has 19 heavy (non-hydrogen) atoms. The average Bonchev–Trinajstić information content (AvgIpc) is 2.42. The summed E-state index contributed by atoms with van der Waals surface area (Å²) in [4.78, 5) is 8.67. The van der Waals surface area contributed by atoms with Crippen molar-refractivity contribution in [3.05, 3.63) is 53.1 Å². The van der Waals surface area contributed by atoms with Gasteiger partial charge in [0, 0.05) is 18.0 Å². The van der Waals surface area contributed by atoms with E-state index in [1.54, 1.807) is 19.5 Å². The van der Waals surface area contributed by atoms with Crippen LogP contribution >= 0.6 is 0 Å². The fourth-order valence-electron chi connectivity index (χ4n) is 2.34. The first kappa shape index (κ1) is 13.5. The molecule has 0 saturated carbocycles. The lowest BCUT2D eigenvalue weighted by Gasteiger charge is -2.21. The molecule has 100 valence electrons. The van der Waals surface area contributed by atoms with Crippen molar-refractivity contribution in [1.82, 2.24) is 15.3 Å². The van der Waals surface area contributed by atoms with Gasteiger partial charge in [-0.15, -0.1) is 0 Å². The molecular weight excluding hydrogens is 238 g/mol. The molecule has 2 aromatic rings. The Morgan fingerprint density at radius 2 is 1.84 bits per heavy atom. The zero-order chi connectivity index (χ0) is 13.8. The summed E-state index contributed by atoms with van der Waals surface area (Å²) < 4.78 is 5.52. The Labute approximate surface area is 113 Å². The molecule has 0 aliphatic carbocycles. The van der Waals surface area contributed by atoms with E-state index >= 15 is 0 Å². The van der Waals surface area contributed by atoms with Gasteiger partial charge < -0.3 is 10.1 Å². The summed E-state index contributed by atoms with van der Waals surface area (Å²) in [6.07, 6.45) is 3.51. The summed E-state index contributed by atoms with van der Waals surface area (Å²) >= 11 is 0. The predicted molar refractivity (Wildman–Crippen MR) is 75.4 cm³/mol. The highest BCUT2D eigenvalue weighted by atomic mass is 16.5. The fourth-order valence-corrected chi connectivity index (χ4v) is 2.34. The van der Waals surface area contributed by atoms with Crippen molar-refractivity contribution in [2.45, 2.75) is 19.9 Å². The Morgan fingerprint density at radius 1 is 1.16 bits per heavy atom. The van der Waals surface area contributed by atoms with Crippen LogP contribution < -0.4 is 10.1 Å². The lowest BCUT2D eigenvalue weighted by atomic mass is 9.97. The molecule has 2 rings (SSSR count). The van der Waals surface area contributed by atoms with Crippen molar-refractivity contribution >= 4 is 0 Å². The van der Waals surface area contributed by atoms with Crippen LogP contribution in [-0.4, -0.2) is 24.1 Å². The second kappa shape index (κ2) is 5.80. The van der Waals surface area contributed by atoms with Crippen molar-refractivity contribution in [3.8, 4) is 5.75 Å². The highest BCUT2D eigenvalue weighted by Crippen LogP contribution is 2.32. The number of benzene rings is 1. The number of methoxy groups -OCH3 is 1. The third-order valence-electron chi connectivity index (χ3n) is 3.13. The summed E-state index contributed by atoms with van der Waals surface area (Å²) in [5.41, 5.74) is 3.44. The number of nitrogens with zero attached hydrogens (tertiary/aromatic N) is 2. The van der Waals surface area contributed by atoms with Gasteiger partial charge in [0.1, 0.15) is 11.6 Å². The molecule has 1 atom stereocenters. The number of aryl methyl sites for hydroxylation is 2. The quantitative estimate of drug-likeness (QED) is 0.913. The molecule has 4 nitrogen and oxygen atoms in total. The van der Waals surface area contributed by atoms with Gasteiger partial charge >= 0.3 is 0 Å². The first-order valence-corrected chi connectivity index (χ1v) is 6.26. The smallest absolute Gasteiger partial charge is 0.149 e. The second-order valence-electron chi connectivity index (χ2n) is 4.53. The molecular formula is C15H19N3O. The fraction of sp³-hybridized carbons (Fsp3) is 0.333. The molecule has 0 aliphatic heterocycles. The summed E-state index contributed by atoms with van der Waals surface area (Å²) in [6.45, 7) is 4.14. The average molecular weight is 257 g/mol. The molecule has 0 radical (unpaired) electrons. The molecule has 0 saturated heterocycles. The highest BCUT2D eigenvalue weighted by Gasteiger charge is 2.21. The third kappa shape index (κ3) is 2.74. The molecule has 4 heteroatoms. The van der Waals surface area contributed by atoms with Crippen molar-refractivity contribution in [2.75, 3.05) is 14.2 Å². The van der Waals surface area contributed by atoms with Crippen LogP contribution in [0.1, 0.15) is 28.6 Å². The molecule has 0 spiro atoms. The molecule has 1 N–H and O–H groups in total. The molecule has 1 aromatic carbocycles. The molecule has 1 unspecified atom stereocenters. The number of hydrogen-bond donors (Lipinski definition) is 1. The van der Waals surface area contributed by atoms with Gasteiger partial charge in [-0.1, -0.05) is 6.07 Å². The summed E-state index contributed by atoms with van der Waals surface area (Å²) in [5, 5.41) is 3.26. The largest absolute Gasteiger partial charge is 0.496 e. The molecule has 0 fully saturated rings. The number of nitrogens with one attached hydrogen (secondary N) is 1. The molecule has 1 aromatic heterocycles.